The number of ether oxygens (including phenoxy) is 1. The van der Waals surface area contributed by atoms with Crippen molar-refractivity contribution in [2.24, 2.45) is 0 Å². The molecular formula is C21H19N3O2. The number of rotatable bonds is 6. The second-order valence-corrected chi connectivity index (χ2v) is 5.71. The SMILES string of the molecule is CCOC(=O)CCn1cnc(-c2ccccc2)c1-c1ccccc1C#N. The zero-order valence-electron chi connectivity index (χ0n) is 14.6. The van der Waals surface area contributed by atoms with Gasteiger partial charge in [-0.15, -0.1) is 0 Å². The van der Waals surface area contributed by atoms with Crippen molar-refractivity contribution in [2.75, 3.05) is 6.61 Å². The number of nitrogens with zero attached hydrogens (tertiary/aromatic N) is 3. The molecule has 0 amide bonds. The van der Waals surface area contributed by atoms with Gasteiger partial charge in [0.1, 0.15) is 0 Å². The van der Waals surface area contributed by atoms with Gasteiger partial charge in [0.2, 0.25) is 0 Å². The van der Waals surface area contributed by atoms with E-state index in [-0.39, 0.29) is 12.4 Å². The van der Waals surface area contributed by atoms with E-state index in [1.165, 1.54) is 0 Å². The summed E-state index contributed by atoms with van der Waals surface area (Å²) in [7, 11) is 0. The van der Waals surface area contributed by atoms with E-state index in [2.05, 4.69) is 11.1 Å². The predicted molar refractivity (Wildman–Crippen MR) is 99.1 cm³/mol. The van der Waals surface area contributed by atoms with Gasteiger partial charge in [0.25, 0.3) is 0 Å². The summed E-state index contributed by atoms with van der Waals surface area (Å²) in [6.07, 6.45) is 1.96. The van der Waals surface area contributed by atoms with Gasteiger partial charge in [0, 0.05) is 17.7 Å². The molecule has 0 N–H and O–H groups in total. The van der Waals surface area contributed by atoms with Crippen LogP contribution in [0.5, 0.6) is 0 Å². The first kappa shape index (κ1) is 17.4. The van der Waals surface area contributed by atoms with E-state index >= 15 is 0 Å². The fraction of sp³-hybridized carbons (Fsp3) is 0.190. The van der Waals surface area contributed by atoms with Crippen LogP contribution in [0.25, 0.3) is 22.5 Å². The van der Waals surface area contributed by atoms with Crippen LogP contribution in [0, 0.1) is 11.3 Å². The number of benzene rings is 2. The summed E-state index contributed by atoms with van der Waals surface area (Å²) in [6.45, 7) is 2.59. The summed E-state index contributed by atoms with van der Waals surface area (Å²) in [5.74, 6) is -0.248. The van der Waals surface area contributed by atoms with Crippen molar-refractivity contribution >= 4 is 5.97 Å². The molecule has 3 aromatic rings. The van der Waals surface area contributed by atoms with Crippen LogP contribution >= 0.6 is 0 Å². The second-order valence-electron chi connectivity index (χ2n) is 5.71. The molecule has 0 aliphatic carbocycles. The van der Waals surface area contributed by atoms with E-state index in [1.807, 2.05) is 53.1 Å². The minimum Gasteiger partial charge on any atom is -0.466 e. The average Bonchev–Trinajstić information content (AvgIpc) is 3.11. The molecule has 0 aliphatic heterocycles. The zero-order valence-corrected chi connectivity index (χ0v) is 14.6. The summed E-state index contributed by atoms with van der Waals surface area (Å²) in [5.41, 5.74) is 3.96. The minimum atomic E-state index is -0.248. The Balaban J connectivity index is 2.07. The second kappa shape index (κ2) is 8.13. The van der Waals surface area contributed by atoms with Crippen molar-refractivity contribution in [3.05, 3.63) is 66.5 Å². The highest BCUT2D eigenvalue weighted by molar-refractivity contribution is 5.81. The first-order chi connectivity index (χ1) is 12.7. The van der Waals surface area contributed by atoms with Gasteiger partial charge in [-0.2, -0.15) is 5.26 Å². The van der Waals surface area contributed by atoms with E-state index < -0.39 is 0 Å². The van der Waals surface area contributed by atoms with E-state index in [1.54, 1.807) is 19.3 Å². The lowest BCUT2D eigenvalue weighted by molar-refractivity contribution is -0.143. The van der Waals surface area contributed by atoms with Crippen molar-refractivity contribution in [3.63, 3.8) is 0 Å². The number of carbonyl (C=O) groups is 1. The Labute approximate surface area is 152 Å². The maximum Gasteiger partial charge on any atom is 0.307 e. The summed E-state index contributed by atoms with van der Waals surface area (Å²) >= 11 is 0. The molecular weight excluding hydrogens is 326 g/mol. The molecule has 5 nitrogen and oxygen atoms in total. The zero-order chi connectivity index (χ0) is 18.4. The van der Waals surface area contributed by atoms with Crippen LogP contribution in [0.3, 0.4) is 0 Å². The summed E-state index contributed by atoms with van der Waals surface area (Å²) in [5, 5.41) is 9.50. The number of aryl methyl sites for hydroxylation is 1. The van der Waals surface area contributed by atoms with Gasteiger partial charge in [0.05, 0.1) is 42.4 Å². The molecule has 130 valence electrons. The molecule has 5 heteroatoms. The minimum absolute atomic E-state index is 0.248. The molecule has 0 spiro atoms. The summed E-state index contributed by atoms with van der Waals surface area (Å²) in [6, 6.07) is 19.5. The van der Waals surface area contributed by atoms with Gasteiger partial charge in [-0.05, 0) is 13.0 Å². The molecule has 0 bridgehead atoms. The largest absolute Gasteiger partial charge is 0.466 e. The number of nitriles is 1. The van der Waals surface area contributed by atoms with E-state index in [4.69, 9.17) is 4.74 Å². The Morgan fingerprint density at radius 3 is 2.62 bits per heavy atom. The van der Waals surface area contributed by atoms with Crippen molar-refractivity contribution in [1.29, 1.82) is 5.26 Å². The Morgan fingerprint density at radius 1 is 1.15 bits per heavy atom. The topological polar surface area (TPSA) is 67.9 Å². The van der Waals surface area contributed by atoms with E-state index in [0.717, 1.165) is 22.5 Å². The lowest BCUT2D eigenvalue weighted by Crippen LogP contribution is -2.09. The third kappa shape index (κ3) is 3.65. The van der Waals surface area contributed by atoms with Crippen molar-refractivity contribution in [1.82, 2.24) is 9.55 Å². The van der Waals surface area contributed by atoms with E-state index in [0.29, 0.717) is 18.7 Å². The summed E-state index contributed by atoms with van der Waals surface area (Å²) in [4.78, 5) is 16.3. The highest BCUT2D eigenvalue weighted by Gasteiger charge is 2.18. The molecule has 3 rings (SSSR count). The fourth-order valence-electron chi connectivity index (χ4n) is 2.87. The van der Waals surface area contributed by atoms with Crippen LogP contribution in [0.1, 0.15) is 18.9 Å². The molecule has 0 saturated carbocycles. The molecule has 1 heterocycles. The van der Waals surface area contributed by atoms with Gasteiger partial charge in [-0.1, -0.05) is 48.5 Å². The van der Waals surface area contributed by atoms with Gasteiger partial charge in [-0.25, -0.2) is 4.98 Å². The maximum absolute atomic E-state index is 11.8. The molecule has 0 radical (unpaired) electrons. The smallest absolute Gasteiger partial charge is 0.307 e. The predicted octanol–water partition coefficient (Wildman–Crippen LogP) is 4.04. The molecule has 0 saturated heterocycles. The lowest BCUT2D eigenvalue weighted by Gasteiger charge is -2.12. The molecule has 0 fully saturated rings. The highest BCUT2D eigenvalue weighted by Crippen LogP contribution is 2.33. The van der Waals surface area contributed by atoms with Gasteiger partial charge in [-0.3, -0.25) is 4.79 Å². The number of esters is 1. The first-order valence-electron chi connectivity index (χ1n) is 8.50. The van der Waals surface area contributed by atoms with Crippen LogP contribution in [-0.4, -0.2) is 22.1 Å². The van der Waals surface area contributed by atoms with Gasteiger partial charge < -0.3 is 9.30 Å². The third-order valence-electron chi connectivity index (χ3n) is 4.05. The van der Waals surface area contributed by atoms with Crippen molar-refractivity contribution in [3.8, 4) is 28.6 Å². The summed E-state index contributed by atoms with van der Waals surface area (Å²) < 4.78 is 6.93. The Hall–Kier alpha value is -3.39. The van der Waals surface area contributed by atoms with Crippen LogP contribution in [-0.2, 0) is 16.1 Å². The average molecular weight is 345 g/mol. The molecule has 0 atom stereocenters. The normalized spacial score (nSPS) is 10.3. The number of hydrogen-bond donors (Lipinski definition) is 0. The quantitative estimate of drug-likeness (QED) is 0.632. The molecule has 1 aromatic heterocycles. The van der Waals surface area contributed by atoms with Crippen LogP contribution < -0.4 is 0 Å². The van der Waals surface area contributed by atoms with Gasteiger partial charge >= 0.3 is 5.97 Å². The molecule has 2 aromatic carbocycles. The highest BCUT2D eigenvalue weighted by atomic mass is 16.5. The number of carbonyl (C=O) groups excluding carboxylic acids is 1. The Morgan fingerprint density at radius 2 is 1.88 bits per heavy atom. The van der Waals surface area contributed by atoms with Crippen molar-refractivity contribution in [2.45, 2.75) is 19.9 Å². The number of aromatic nitrogens is 2. The lowest BCUT2D eigenvalue weighted by atomic mass is 10.0. The number of imidazole rings is 1. The van der Waals surface area contributed by atoms with Crippen LogP contribution in [0.4, 0.5) is 0 Å². The first-order valence-corrected chi connectivity index (χ1v) is 8.50. The third-order valence-corrected chi connectivity index (χ3v) is 4.05. The molecule has 0 aliphatic rings. The van der Waals surface area contributed by atoms with E-state index in [9.17, 15) is 10.1 Å². The maximum atomic E-state index is 11.8. The van der Waals surface area contributed by atoms with Crippen molar-refractivity contribution < 1.29 is 9.53 Å². The monoisotopic (exact) mass is 345 g/mol. The Kier molecular flexibility index (Phi) is 5.45. The number of hydrogen-bond acceptors (Lipinski definition) is 4. The molecule has 0 unspecified atom stereocenters. The fourth-order valence-corrected chi connectivity index (χ4v) is 2.87. The van der Waals surface area contributed by atoms with Crippen LogP contribution in [0.2, 0.25) is 0 Å². The Bertz CT molecular complexity index is 939. The molecule has 26 heavy (non-hydrogen) atoms. The standard InChI is InChI=1S/C21H19N3O2/c1-2-26-19(25)12-13-24-15-23-20(16-8-4-3-5-9-16)21(24)18-11-7-6-10-17(18)14-22/h3-11,15H,2,12-13H2,1H3. The van der Waals surface area contributed by atoms with Crippen LogP contribution in [0.15, 0.2) is 60.9 Å². The van der Waals surface area contributed by atoms with Gasteiger partial charge in [0.15, 0.2) is 0 Å².